The number of amides is 1. The zero-order valence-electron chi connectivity index (χ0n) is 9.78. The maximum atomic E-state index is 11.7. The van der Waals surface area contributed by atoms with Crippen LogP contribution in [0.5, 0.6) is 5.75 Å². The second kappa shape index (κ2) is 5.51. The molecule has 0 heterocycles. The zero-order valence-corrected chi connectivity index (χ0v) is 9.78. The van der Waals surface area contributed by atoms with Crippen molar-refractivity contribution in [1.82, 2.24) is 5.32 Å². The molecule has 0 radical (unpaired) electrons. The lowest BCUT2D eigenvalue weighted by Gasteiger charge is -2.11. The van der Waals surface area contributed by atoms with Gasteiger partial charge in [0.1, 0.15) is 5.75 Å². The number of hydrogen-bond acceptors (Lipinski definition) is 3. The third kappa shape index (κ3) is 3.24. The molecule has 0 aromatic heterocycles. The first kappa shape index (κ1) is 12.5. The van der Waals surface area contributed by atoms with Crippen LogP contribution in [-0.4, -0.2) is 30.8 Å². The molecule has 0 saturated heterocycles. The molecule has 0 aliphatic carbocycles. The monoisotopic (exact) mass is 223 g/mol. The summed E-state index contributed by atoms with van der Waals surface area (Å²) in [6.45, 7) is 4.10. The van der Waals surface area contributed by atoms with E-state index in [4.69, 9.17) is 4.74 Å². The molecule has 1 atom stereocenters. The van der Waals surface area contributed by atoms with Gasteiger partial charge >= 0.3 is 0 Å². The highest BCUT2D eigenvalue weighted by atomic mass is 16.5. The SMILES string of the molecule is COC(C)CNC(=O)c1ccc(C)c(O)c1. The molecular weight excluding hydrogens is 206 g/mol. The number of phenols is 1. The van der Waals surface area contributed by atoms with E-state index in [2.05, 4.69) is 5.32 Å². The number of carbonyl (C=O) groups is 1. The fourth-order valence-corrected chi connectivity index (χ4v) is 1.17. The Morgan fingerprint density at radius 2 is 2.25 bits per heavy atom. The normalized spacial score (nSPS) is 12.2. The molecule has 0 aliphatic heterocycles. The van der Waals surface area contributed by atoms with Crippen molar-refractivity contribution in [2.45, 2.75) is 20.0 Å². The Hall–Kier alpha value is -1.55. The molecule has 0 fully saturated rings. The molecule has 1 amide bonds. The second-order valence-corrected chi connectivity index (χ2v) is 3.76. The number of hydrogen-bond donors (Lipinski definition) is 2. The Balaban J connectivity index is 2.63. The Bertz CT molecular complexity index is 377. The van der Waals surface area contributed by atoms with Crippen LogP contribution in [0, 0.1) is 6.92 Å². The van der Waals surface area contributed by atoms with Crippen LogP contribution in [-0.2, 0) is 4.74 Å². The van der Waals surface area contributed by atoms with Crippen LogP contribution in [0.2, 0.25) is 0 Å². The molecule has 2 N–H and O–H groups in total. The highest BCUT2D eigenvalue weighted by Gasteiger charge is 2.08. The van der Waals surface area contributed by atoms with Crippen molar-refractivity contribution in [3.63, 3.8) is 0 Å². The van der Waals surface area contributed by atoms with E-state index in [1.54, 1.807) is 26.2 Å². The lowest BCUT2D eigenvalue weighted by atomic mass is 10.1. The third-order valence-corrected chi connectivity index (χ3v) is 2.42. The summed E-state index contributed by atoms with van der Waals surface area (Å²) in [6.07, 6.45) is -0.0250. The van der Waals surface area contributed by atoms with Gasteiger partial charge in [0.15, 0.2) is 0 Å². The average Bonchev–Trinajstić information content (AvgIpc) is 2.29. The largest absolute Gasteiger partial charge is 0.508 e. The van der Waals surface area contributed by atoms with Gasteiger partial charge < -0.3 is 15.2 Å². The molecule has 4 heteroatoms. The molecule has 88 valence electrons. The predicted molar refractivity (Wildman–Crippen MR) is 61.6 cm³/mol. The highest BCUT2D eigenvalue weighted by molar-refractivity contribution is 5.94. The van der Waals surface area contributed by atoms with Crippen LogP contribution in [0.3, 0.4) is 0 Å². The number of ether oxygens (including phenoxy) is 1. The summed E-state index contributed by atoms with van der Waals surface area (Å²) in [4.78, 5) is 11.7. The summed E-state index contributed by atoms with van der Waals surface area (Å²) in [5.74, 6) is -0.0772. The minimum Gasteiger partial charge on any atom is -0.508 e. The Morgan fingerprint density at radius 3 is 2.81 bits per heavy atom. The fourth-order valence-electron chi connectivity index (χ4n) is 1.17. The maximum Gasteiger partial charge on any atom is 0.251 e. The lowest BCUT2D eigenvalue weighted by molar-refractivity contribution is 0.0870. The van der Waals surface area contributed by atoms with Gasteiger partial charge in [-0.3, -0.25) is 4.79 Å². The highest BCUT2D eigenvalue weighted by Crippen LogP contribution is 2.17. The molecular formula is C12H17NO3. The summed E-state index contributed by atoms with van der Waals surface area (Å²) in [6, 6.07) is 4.86. The van der Waals surface area contributed by atoms with Crippen molar-refractivity contribution in [3.8, 4) is 5.75 Å². The second-order valence-electron chi connectivity index (χ2n) is 3.76. The summed E-state index contributed by atoms with van der Waals surface area (Å²) in [5.41, 5.74) is 1.20. The average molecular weight is 223 g/mol. The van der Waals surface area contributed by atoms with Crippen LogP contribution >= 0.6 is 0 Å². The number of benzene rings is 1. The molecule has 0 spiro atoms. The third-order valence-electron chi connectivity index (χ3n) is 2.42. The first-order chi connectivity index (χ1) is 7.54. The quantitative estimate of drug-likeness (QED) is 0.812. The number of aryl methyl sites for hydroxylation is 1. The van der Waals surface area contributed by atoms with E-state index in [9.17, 15) is 9.90 Å². The topological polar surface area (TPSA) is 58.6 Å². The summed E-state index contributed by atoms with van der Waals surface area (Å²) in [7, 11) is 1.59. The predicted octanol–water partition coefficient (Wildman–Crippen LogP) is 1.47. The van der Waals surface area contributed by atoms with E-state index < -0.39 is 0 Å². The van der Waals surface area contributed by atoms with Gasteiger partial charge in [-0.25, -0.2) is 0 Å². The first-order valence-corrected chi connectivity index (χ1v) is 5.15. The van der Waals surface area contributed by atoms with E-state index in [1.807, 2.05) is 6.92 Å². The van der Waals surface area contributed by atoms with E-state index in [1.165, 1.54) is 6.07 Å². The lowest BCUT2D eigenvalue weighted by Crippen LogP contribution is -2.31. The Kier molecular flexibility index (Phi) is 4.31. The van der Waals surface area contributed by atoms with Crippen LogP contribution in [0.1, 0.15) is 22.8 Å². The summed E-state index contributed by atoms with van der Waals surface area (Å²) in [5, 5.41) is 12.2. The Labute approximate surface area is 95.2 Å². The standard InChI is InChI=1S/C12H17NO3/c1-8-4-5-10(6-11(8)14)12(15)13-7-9(2)16-3/h4-6,9,14H,7H2,1-3H3,(H,13,15). The van der Waals surface area contributed by atoms with Crippen molar-refractivity contribution >= 4 is 5.91 Å². The zero-order chi connectivity index (χ0) is 12.1. The van der Waals surface area contributed by atoms with Gasteiger partial charge in [-0.05, 0) is 31.5 Å². The van der Waals surface area contributed by atoms with Gasteiger partial charge in [0.25, 0.3) is 5.91 Å². The number of carbonyl (C=O) groups excluding carboxylic acids is 1. The van der Waals surface area contributed by atoms with E-state index >= 15 is 0 Å². The molecule has 1 rings (SSSR count). The van der Waals surface area contributed by atoms with Crippen molar-refractivity contribution in [2.75, 3.05) is 13.7 Å². The number of rotatable bonds is 4. The first-order valence-electron chi connectivity index (χ1n) is 5.15. The van der Waals surface area contributed by atoms with Crippen molar-refractivity contribution in [1.29, 1.82) is 0 Å². The molecule has 0 saturated carbocycles. The van der Waals surface area contributed by atoms with E-state index in [0.29, 0.717) is 12.1 Å². The van der Waals surface area contributed by atoms with Crippen molar-refractivity contribution < 1.29 is 14.6 Å². The summed E-state index contributed by atoms with van der Waals surface area (Å²) < 4.78 is 5.02. The number of phenolic OH excluding ortho intramolecular Hbond substituents is 1. The summed E-state index contributed by atoms with van der Waals surface area (Å²) >= 11 is 0. The van der Waals surface area contributed by atoms with Crippen LogP contribution in [0.15, 0.2) is 18.2 Å². The van der Waals surface area contributed by atoms with Gasteiger partial charge in [0, 0.05) is 19.2 Å². The molecule has 4 nitrogen and oxygen atoms in total. The number of methoxy groups -OCH3 is 1. The van der Waals surface area contributed by atoms with Gasteiger partial charge in [0.05, 0.1) is 6.10 Å². The fraction of sp³-hybridized carbons (Fsp3) is 0.417. The van der Waals surface area contributed by atoms with Gasteiger partial charge in [-0.15, -0.1) is 0 Å². The van der Waals surface area contributed by atoms with Gasteiger partial charge in [0.2, 0.25) is 0 Å². The maximum absolute atomic E-state index is 11.7. The van der Waals surface area contributed by atoms with E-state index in [0.717, 1.165) is 5.56 Å². The van der Waals surface area contributed by atoms with Crippen molar-refractivity contribution in [3.05, 3.63) is 29.3 Å². The van der Waals surface area contributed by atoms with E-state index in [-0.39, 0.29) is 17.8 Å². The molecule has 16 heavy (non-hydrogen) atoms. The molecule has 0 bridgehead atoms. The van der Waals surface area contributed by atoms with Crippen LogP contribution in [0.4, 0.5) is 0 Å². The van der Waals surface area contributed by atoms with Crippen LogP contribution < -0.4 is 5.32 Å². The Morgan fingerprint density at radius 1 is 1.56 bits per heavy atom. The minimum atomic E-state index is -0.209. The van der Waals surface area contributed by atoms with Crippen molar-refractivity contribution in [2.24, 2.45) is 0 Å². The number of aromatic hydroxyl groups is 1. The smallest absolute Gasteiger partial charge is 0.251 e. The molecule has 1 unspecified atom stereocenters. The minimum absolute atomic E-state index is 0.0250. The molecule has 0 aliphatic rings. The molecule has 1 aromatic carbocycles. The number of nitrogens with one attached hydrogen (secondary N) is 1. The van der Waals surface area contributed by atoms with Crippen LogP contribution in [0.25, 0.3) is 0 Å². The van der Waals surface area contributed by atoms with Gasteiger partial charge in [-0.2, -0.15) is 0 Å². The van der Waals surface area contributed by atoms with Gasteiger partial charge in [-0.1, -0.05) is 6.07 Å². The molecule has 1 aromatic rings.